The summed E-state index contributed by atoms with van der Waals surface area (Å²) >= 11 is 0. The van der Waals surface area contributed by atoms with Gasteiger partial charge in [-0.15, -0.1) is 0 Å². The van der Waals surface area contributed by atoms with E-state index in [4.69, 9.17) is 0 Å². The fraction of sp³-hybridized carbons (Fsp3) is 1.00. The number of hydrogen-bond donors (Lipinski definition) is 1. The molecule has 0 radical (unpaired) electrons. The second-order valence-electron chi connectivity index (χ2n) is 7.04. The monoisotopic (exact) mass is 267 g/mol. The van der Waals surface area contributed by atoms with E-state index in [-0.39, 0.29) is 0 Å². The molecular weight excluding hydrogens is 234 g/mol. The van der Waals surface area contributed by atoms with Crippen LogP contribution in [0.3, 0.4) is 0 Å². The number of hydrogen-bond acceptors (Lipinski definition) is 3. The van der Waals surface area contributed by atoms with Crippen LogP contribution < -0.4 is 5.32 Å². The Bertz CT molecular complexity index is 247. The quantitative estimate of drug-likeness (QED) is 0.824. The molecule has 0 spiro atoms. The first-order valence-electron chi connectivity index (χ1n) is 8.19. The van der Waals surface area contributed by atoms with Gasteiger partial charge >= 0.3 is 0 Å². The molecule has 1 heterocycles. The lowest BCUT2D eigenvalue weighted by molar-refractivity contribution is 0.0693. The van der Waals surface area contributed by atoms with Crippen molar-refractivity contribution in [2.45, 2.75) is 51.0 Å². The highest BCUT2D eigenvalue weighted by molar-refractivity contribution is 4.89. The largest absolute Gasteiger partial charge is 0.319 e. The Labute approximate surface area is 119 Å². The molecule has 2 fully saturated rings. The maximum atomic E-state index is 3.46. The average molecular weight is 267 g/mol. The van der Waals surface area contributed by atoms with E-state index < -0.39 is 0 Å². The van der Waals surface area contributed by atoms with Crippen molar-refractivity contribution in [3.63, 3.8) is 0 Å². The van der Waals surface area contributed by atoms with E-state index in [0.29, 0.717) is 5.41 Å². The smallest absolute Gasteiger partial charge is 0.0117 e. The van der Waals surface area contributed by atoms with Crippen molar-refractivity contribution in [2.75, 3.05) is 47.3 Å². The summed E-state index contributed by atoms with van der Waals surface area (Å²) in [6.07, 6.45) is 9.86. The van der Waals surface area contributed by atoms with Gasteiger partial charge in [-0.2, -0.15) is 0 Å². The minimum atomic E-state index is 0.547. The van der Waals surface area contributed by atoms with Crippen LogP contribution in [0.15, 0.2) is 0 Å². The van der Waals surface area contributed by atoms with Gasteiger partial charge in [-0.05, 0) is 65.3 Å². The third-order valence-corrected chi connectivity index (χ3v) is 5.36. The van der Waals surface area contributed by atoms with Crippen LogP contribution in [0.1, 0.15) is 44.9 Å². The topological polar surface area (TPSA) is 18.5 Å². The third-order valence-electron chi connectivity index (χ3n) is 5.36. The zero-order chi connectivity index (χ0) is 13.7. The first kappa shape index (κ1) is 15.3. The van der Waals surface area contributed by atoms with Crippen molar-refractivity contribution in [3.8, 4) is 0 Å². The van der Waals surface area contributed by atoms with Gasteiger partial charge in [0.2, 0.25) is 0 Å². The van der Waals surface area contributed by atoms with Gasteiger partial charge in [0.25, 0.3) is 0 Å². The Kier molecular flexibility index (Phi) is 5.67. The van der Waals surface area contributed by atoms with E-state index in [1.807, 2.05) is 0 Å². The van der Waals surface area contributed by atoms with E-state index in [1.54, 1.807) is 0 Å². The van der Waals surface area contributed by atoms with Crippen LogP contribution in [0, 0.1) is 5.41 Å². The number of rotatable bonds is 5. The predicted molar refractivity (Wildman–Crippen MR) is 82.6 cm³/mol. The lowest BCUT2D eigenvalue weighted by Crippen LogP contribution is -2.49. The van der Waals surface area contributed by atoms with Gasteiger partial charge in [-0.3, -0.25) is 0 Å². The Balaban J connectivity index is 1.89. The zero-order valence-electron chi connectivity index (χ0n) is 13.2. The van der Waals surface area contributed by atoms with Crippen molar-refractivity contribution in [3.05, 3.63) is 0 Å². The first-order valence-corrected chi connectivity index (χ1v) is 8.19. The summed E-state index contributed by atoms with van der Waals surface area (Å²) in [7, 11) is 6.73. The minimum Gasteiger partial charge on any atom is -0.319 e. The normalized spacial score (nSPS) is 25.9. The van der Waals surface area contributed by atoms with Crippen LogP contribution in [0.5, 0.6) is 0 Å². The molecule has 1 saturated heterocycles. The first-order chi connectivity index (χ1) is 9.15. The van der Waals surface area contributed by atoms with Crippen LogP contribution >= 0.6 is 0 Å². The van der Waals surface area contributed by atoms with Crippen molar-refractivity contribution < 1.29 is 0 Å². The summed E-state index contributed by atoms with van der Waals surface area (Å²) in [4.78, 5) is 5.14. The highest BCUT2D eigenvalue weighted by atomic mass is 15.2. The number of likely N-dealkylation sites (tertiary alicyclic amines) is 1. The summed E-state index contributed by atoms with van der Waals surface area (Å²) in [5.41, 5.74) is 0.547. The molecule has 0 unspecified atom stereocenters. The molecule has 19 heavy (non-hydrogen) atoms. The fourth-order valence-corrected chi connectivity index (χ4v) is 4.16. The van der Waals surface area contributed by atoms with E-state index in [0.717, 1.165) is 6.04 Å². The molecule has 0 aromatic carbocycles. The molecule has 1 aliphatic heterocycles. The van der Waals surface area contributed by atoms with E-state index in [2.05, 4.69) is 36.3 Å². The molecule has 1 saturated carbocycles. The second-order valence-corrected chi connectivity index (χ2v) is 7.04. The second kappa shape index (κ2) is 7.05. The molecule has 1 aliphatic carbocycles. The SMILES string of the molecule is CNCC1(CN(C)C2CCN(C)CC2)CCCCC1. The molecule has 0 atom stereocenters. The molecule has 3 nitrogen and oxygen atoms in total. The maximum absolute atomic E-state index is 3.46. The highest BCUT2D eigenvalue weighted by Crippen LogP contribution is 2.37. The van der Waals surface area contributed by atoms with Crippen molar-refractivity contribution in [2.24, 2.45) is 5.41 Å². The highest BCUT2D eigenvalue weighted by Gasteiger charge is 2.34. The molecular formula is C16H33N3. The van der Waals surface area contributed by atoms with Crippen LogP contribution in [0.4, 0.5) is 0 Å². The summed E-state index contributed by atoms with van der Waals surface area (Å²) in [6.45, 7) is 5.04. The maximum Gasteiger partial charge on any atom is 0.0117 e. The van der Waals surface area contributed by atoms with Crippen LogP contribution in [0.25, 0.3) is 0 Å². The summed E-state index contributed by atoms with van der Waals surface area (Å²) in [6, 6.07) is 0.812. The van der Waals surface area contributed by atoms with Crippen molar-refractivity contribution in [1.82, 2.24) is 15.1 Å². The van der Waals surface area contributed by atoms with E-state index in [9.17, 15) is 0 Å². The Hall–Kier alpha value is -0.120. The molecule has 2 aliphatic rings. The van der Waals surface area contributed by atoms with Gasteiger partial charge < -0.3 is 15.1 Å². The molecule has 0 amide bonds. The molecule has 1 N–H and O–H groups in total. The van der Waals surface area contributed by atoms with Gasteiger partial charge in [-0.1, -0.05) is 19.3 Å². The summed E-state index contributed by atoms with van der Waals surface area (Å²) < 4.78 is 0. The molecule has 0 aromatic heterocycles. The van der Waals surface area contributed by atoms with Crippen LogP contribution in [-0.2, 0) is 0 Å². The van der Waals surface area contributed by atoms with Gasteiger partial charge in [0.1, 0.15) is 0 Å². The lowest BCUT2D eigenvalue weighted by Gasteiger charge is -2.44. The standard InChI is InChI=1S/C16H33N3/c1-17-13-16(9-5-4-6-10-16)14-19(3)15-7-11-18(2)12-8-15/h15,17H,4-14H2,1-3H3. The number of nitrogens with zero attached hydrogens (tertiary/aromatic N) is 2. The fourth-order valence-electron chi connectivity index (χ4n) is 4.16. The zero-order valence-corrected chi connectivity index (χ0v) is 13.2. The van der Waals surface area contributed by atoms with Crippen molar-refractivity contribution >= 4 is 0 Å². The third kappa shape index (κ3) is 4.17. The number of piperidine rings is 1. The summed E-state index contributed by atoms with van der Waals surface area (Å²) in [5.74, 6) is 0. The predicted octanol–water partition coefficient (Wildman–Crippen LogP) is 2.18. The average Bonchev–Trinajstić information content (AvgIpc) is 2.40. The lowest BCUT2D eigenvalue weighted by atomic mass is 9.73. The van der Waals surface area contributed by atoms with Gasteiger partial charge in [0.05, 0.1) is 0 Å². The molecule has 112 valence electrons. The minimum absolute atomic E-state index is 0.547. The Morgan fingerprint density at radius 1 is 1.16 bits per heavy atom. The molecule has 2 rings (SSSR count). The number of nitrogens with one attached hydrogen (secondary N) is 1. The summed E-state index contributed by atoms with van der Waals surface area (Å²) in [5, 5.41) is 3.46. The van der Waals surface area contributed by atoms with Gasteiger partial charge in [0.15, 0.2) is 0 Å². The van der Waals surface area contributed by atoms with E-state index >= 15 is 0 Å². The van der Waals surface area contributed by atoms with Crippen LogP contribution in [-0.4, -0.2) is 63.2 Å². The Morgan fingerprint density at radius 2 is 1.79 bits per heavy atom. The van der Waals surface area contributed by atoms with E-state index in [1.165, 1.54) is 71.1 Å². The van der Waals surface area contributed by atoms with Gasteiger partial charge in [-0.25, -0.2) is 0 Å². The van der Waals surface area contributed by atoms with Crippen LogP contribution in [0.2, 0.25) is 0 Å². The Morgan fingerprint density at radius 3 is 2.37 bits per heavy atom. The molecule has 3 heteroatoms. The van der Waals surface area contributed by atoms with Gasteiger partial charge in [0, 0.05) is 19.1 Å². The molecule has 0 bridgehead atoms. The molecule has 0 aromatic rings. The van der Waals surface area contributed by atoms with Crippen molar-refractivity contribution in [1.29, 1.82) is 0 Å².